The number of anilines is 2. The molecule has 3 N–H and O–H groups in total. The lowest BCUT2D eigenvalue weighted by Gasteiger charge is -2.14. The minimum Gasteiger partial charge on any atom is -0.488 e. The molecule has 0 saturated carbocycles. The summed E-state index contributed by atoms with van der Waals surface area (Å²) in [6.45, 7) is 0.800. The highest BCUT2D eigenvalue weighted by molar-refractivity contribution is 14.1. The first-order valence-electron chi connectivity index (χ1n) is 6.26. The molecular formula is C15H15IN2O. The van der Waals surface area contributed by atoms with E-state index in [1.54, 1.807) is 0 Å². The summed E-state index contributed by atoms with van der Waals surface area (Å²) in [6.07, 6.45) is 1.17. The molecule has 0 aromatic heterocycles. The molecule has 3 rings (SSSR count). The molecule has 0 saturated heterocycles. The number of nitrogens with two attached hydrogens (primary N) is 1. The summed E-state index contributed by atoms with van der Waals surface area (Å²) in [7, 11) is 0. The van der Waals surface area contributed by atoms with Gasteiger partial charge in [-0.1, -0.05) is 18.2 Å². The maximum atomic E-state index is 5.90. The fraction of sp³-hybridized carbons (Fsp3) is 0.200. The Morgan fingerprint density at radius 2 is 2.11 bits per heavy atom. The van der Waals surface area contributed by atoms with E-state index < -0.39 is 0 Å². The predicted molar refractivity (Wildman–Crippen MR) is 86.6 cm³/mol. The SMILES string of the molecule is Nc1ccc(NCC2Cc3ccccc3O2)c(I)c1. The smallest absolute Gasteiger partial charge is 0.123 e. The first-order valence-corrected chi connectivity index (χ1v) is 7.34. The van der Waals surface area contributed by atoms with Gasteiger partial charge in [0.2, 0.25) is 0 Å². The van der Waals surface area contributed by atoms with Gasteiger partial charge in [-0.05, 0) is 52.4 Å². The third kappa shape index (κ3) is 2.78. The van der Waals surface area contributed by atoms with Crippen molar-refractivity contribution in [1.82, 2.24) is 0 Å². The molecule has 1 aliphatic rings. The van der Waals surface area contributed by atoms with Crippen LogP contribution < -0.4 is 15.8 Å². The number of hydrogen-bond donors (Lipinski definition) is 2. The normalized spacial score (nSPS) is 16.8. The maximum Gasteiger partial charge on any atom is 0.123 e. The van der Waals surface area contributed by atoms with Crippen molar-refractivity contribution in [1.29, 1.82) is 0 Å². The van der Waals surface area contributed by atoms with Crippen LogP contribution in [0.3, 0.4) is 0 Å². The van der Waals surface area contributed by atoms with Crippen LogP contribution in [0, 0.1) is 3.57 Å². The van der Waals surface area contributed by atoms with Crippen molar-refractivity contribution in [3.05, 3.63) is 51.6 Å². The number of fused-ring (bicyclic) bond motifs is 1. The highest BCUT2D eigenvalue weighted by atomic mass is 127. The van der Waals surface area contributed by atoms with Crippen molar-refractivity contribution >= 4 is 34.0 Å². The zero-order valence-corrected chi connectivity index (χ0v) is 12.6. The molecule has 2 aromatic carbocycles. The van der Waals surface area contributed by atoms with Crippen molar-refractivity contribution < 1.29 is 4.74 Å². The molecule has 19 heavy (non-hydrogen) atoms. The quantitative estimate of drug-likeness (QED) is 0.648. The molecule has 98 valence electrons. The monoisotopic (exact) mass is 366 g/mol. The van der Waals surface area contributed by atoms with E-state index >= 15 is 0 Å². The van der Waals surface area contributed by atoms with Gasteiger partial charge in [-0.3, -0.25) is 0 Å². The first-order chi connectivity index (χ1) is 9.22. The average molecular weight is 366 g/mol. The second-order valence-corrected chi connectivity index (χ2v) is 5.83. The zero-order valence-electron chi connectivity index (χ0n) is 10.4. The van der Waals surface area contributed by atoms with E-state index in [1.165, 1.54) is 5.56 Å². The van der Waals surface area contributed by atoms with Crippen molar-refractivity contribution in [3.63, 3.8) is 0 Å². The molecule has 0 spiro atoms. The van der Waals surface area contributed by atoms with E-state index in [4.69, 9.17) is 10.5 Å². The average Bonchev–Trinajstić information content (AvgIpc) is 2.80. The van der Waals surface area contributed by atoms with Crippen LogP contribution in [-0.2, 0) is 6.42 Å². The largest absolute Gasteiger partial charge is 0.488 e. The number of rotatable bonds is 3. The number of ether oxygens (including phenoxy) is 1. The molecular weight excluding hydrogens is 351 g/mol. The highest BCUT2D eigenvalue weighted by Crippen LogP contribution is 2.28. The van der Waals surface area contributed by atoms with Crippen molar-refractivity contribution in [2.45, 2.75) is 12.5 Å². The van der Waals surface area contributed by atoms with Crippen molar-refractivity contribution in [3.8, 4) is 5.75 Å². The Balaban J connectivity index is 1.63. The van der Waals surface area contributed by atoms with Crippen LogP contribution in [0.1, 0.15) is 5.56 Å². The molecule has 3 nitrogen and oxygen atoms in total. The molecule has 1 unspecified atom stereocenters. The number of halogens is 1. The first kappa shape index (κ1) is 12.6. The summed E-state index contributed by atoms with van der Waals surface area (Å²) in [5, 5.41) is 3.43. The van der Waals surface area contributed by atoms with Crippen LogP contribution in [-0.4, -0.2) is 12.6 Å². The molecule has 1 heterocycles. The summed E-state index contributed by atoms with van der Waals surface area (Å²) in [6, 6.07) is 14.1. The second-order valence-electron chi connectivity index (χ2n) is 4.67. The standard InChI is InChI=1S/C15H15IN2O/c16-13-8-11(17)5-6-14(13)18-9-12-7-10-3-1-2-4-15(10)19-12/h1-6,8,12,18H,7,9,17H2. The number of hydrogen-bond acceptors (Lipinski definition) is 3. The topological polar surface area (TPSA) is 47.3 Å². The highest BCUT2D eigenvalue weighted by Gasteiger charge is 2.21. The van der Waals surface area contributed by atoms with Gasteiger partial charge in [-0.15, -0.1) is 0 Å². The number of nitrogen functional groups attached to an aromatic ring is 1. The Labute approximate surface area is 126 Å². The Morgan fingerprint density at radius 3 is 2.89 bits per heavy atom. The summed E-state index contributed by atoms with van der Waals surface area (Å²) in [5.74, 6) is 1.02. The van der Waals surface area contributed by atoms with Crippen LogP contribution in [0.5, 0.6) is 5.75 Å². The van der Waals surface area contributed by atoms with Crippen molar-refractivity contribution in [2.75, 3.05) is 17.6 Å². The minimum atomic E-state index is 0.200. The van der Waals surface area contributed by atoms with Gasteiger partial charge in [0.25, 0.3) is 0 Å². The van der Waals surface area contributed by atoms with Gasteiger partial charge in [0.05, 0.1) is 6.54 Å². The molecule has 0 radical (unpaired) electrons. The summed E-state index contributed by atoms with van der Waals surface area (Å²) in [5.41, 5.74) is 8.94. The van der Waals surface area contributed by atoms with Gasteiger partial charge >= 0.3 is 0 Å². The minimum absolute atomic E-state index is 0.200. The van der Waals surface area contributed by atoms with Gasteiger partial charge in [0, 0.05) is 21.4 Å². The Morgan fingerprint density at radius 1 is 1.26 bits per heavy atom. The van der Waals surface area contributed by atoms with Gasteiger partial charge in [-0.2, -0.15) is 0 Å². The zero-order chi connectivity index (χ0) is 13.2. The molecule has 0 amide bonds. The van der Waals surface area contributed by atoms with E-state index in [9.17, 15) is 0 Å². The molecule has 0 fully saturated rings. The fourth-order valence-corrected chi connectivity index (χ4v) is 3.00. The Bertz CT molecular complexity index is 575. The number of para-hydroxylation sites is 1. The maximum absolute atomic E-state index is 5.90. The lowest BCUT2D eigenvalue weighted by atomic mass is 10.1. The molecule has 1 atom stereocenters. The Kier molecular flexibility index (Phi) is 3.50. The van der Waals surface area contributed by atoms with Gasteiger partial charge < -0.3 is 15.8 Å². The van der Waals surface area contributed by atoms with E-state index in [0.717, 1.165) is 33.7 Å². The second kappa shape index (κ2) is 5.28. The third-order valence-electron chi connectivity index (χ3n) is 3.23. The van der Waals surface area contributed by atoms with Gasteiger partial charge in [-0.25, -0.2) is 0 Å². The summed E-state index contributed by atoms with van der Waals surface area (Å²) in [4.78, 5) is 0. The van der Waals surface area contributed by atoms with Crippen LogP contribution in [0.2, 0.25) is 0 Å². The van der Waals surface area contributed by atoms with Crippen LogP contribution in [0.15, 0.2) is 42.5 Å². The van der Waals surface area contributed by atoms with Crippen LogP contribution in [0.4, 0.5) is 11.4 Å². The molecule has 0 aliphatic carbocycles. The van der Waals surface area contributed by atoms with Gasteiger partial charge in [0.1, 0.15) is 11.9 Å². The van der Waals surface area contributed by atoms with E-state index in [0.29, 0.717) is 0 Å². The predicted octanol–water partition coefficient (Wildman–Crippen LogP) is 3.29. The number of nitrogens with one attached hydrogen (secondary N) is 1. The lowest BCUT2D eigenvalue weighted by molar-refractivity contribution is 0.246. The van der Waals surface area contributed by atoms with E-state index in [-0.39, 0.29) is 6.10 Å². The van der Waals surface area contributed by atoms with Crippen LogP contribution >= 0.6 is 22.6 Å². The Hall–Kier alpha value is -1.43. The number of benzene rings is 2. The van der Waals surface area contributed by atoms with Gasteiger partial charge in [0.15, 0.2) is 0 Å². The molecule has 2 aromatic rings. The van der Waals surface area contributed by atoms with E-state index in [2.05, 4.69) is 40.0 Å². The molecule has 0 bridgehead atoms. The summed E-state index contributed by atoms with van der Waals surface area (Å²) >= 11 is 2.29. The van der Waals surface area contributed by atoms with E-state index in [1.807, 2.05) is 30.3 Å². The molecule has 4 heteroatoms. The third-order valence-corrected chi connectivity index (χ3v) is 4.12. The molecule has 1 aliphatic heterocycles. The van der Waals surface area contributed by atoms with Crippen LogP contribution in [0.25, 0.3) is 0 Å². The van der Waals surface area contributed by atoms with Crippen molar-refractivity contribution in [2.24, 2.45) is 0 Å². The fourth-order valence-electron chi connectivity index (χ4n) is 2.27. The lowest BCUT2D eigenvalue weighted by Crippen LogP contribution is -2.24. The summed E-state index contributed by atoms with van der Waals surface area (Å²) < 4.78 is 7.04.